The molecule has 0 bridgehead atoms. The number of hydrogen-bond donors (Lipinski definition) is 2. The molecule has 56 valence electrons. The number of aromatic amines is 1. The summed E-state index contributed by atoms with van der Waals surface area (Å²) < 4.78 is 0. The third-order valence-corrected chi connectivity index (χ3v) is 1.67. The van der Waals surface area contributed by atoms with E-state index in [9.17, 15) is 4.79 Å². The fourth-order valence-corrected chi connectivity index (χ4v) is 1.09. The molecule has 3 N–H and O–H groups in total. The molecule has 2 heterocycles. The van der Waals surface area contributed by atoms with E-state index in [-0.39, 0.29) is 11.6 Å². The van der Waals surface area contributed by atoms with Crippen molar-refractivity contribution in [2.45, 2.75) is 6.04 Å². The van der Waals surface area contributed by atoms with Gasteiger partial charge in [-0.05, 0) is 0 Å². The Bertz CT molecular complexity index is 366. The standard InChI is InChI=1S/C7H7N3O/c8-5-3-9-6-1-7(11)10-2-4(5)6/h1-3,5H,8H2,(H,10,11). The first kappa shape index (κ1) is 6.30. The smallest absolute Gasteiger partial charge is 0.250 e. The summed E-state index contributed by atoms with van der Waals surface area (Å²) in [6.45, 7) is 0. The van der Waals surface area contributed by atoms with Crippen LogP contribution in [-0.2, 0) is 0 Å². The van der Waals surface area contributed by atoms with Crippen LogP contribution in [0.5, 0.6) is 0 Å². The molecule has 1 aliphatic rings. The molecule has 0 aliphatic carbocycles. The minimum absolute atomic E-state index is 0.144. The first-order chi connectivity index (χ1) is 5.27. The summed E-state index contributed by atoms with van der Waals surface area (Å²) in [4.78, 5) is 17.3. The first-order valence-corrected chi connectivity index (χ1v) is 3.30. The Hall–Kier alpha value is -1.42. The van der Waals surface area contributed by atoms with Crippen molar-refractivity contribution in [3.8, 4) is 0 Å². The van der Waals surface area contributed by atoms with Gasteiger partial charge in [-0.15, -0.1) is 0 Å². The van der Waals surface area contributed by atoms with E-state index in [1.54, 1.807) is 12.4 Å². The molecule has 0 radical (unpaired) electrons. The monoisotopic (exact) mass is 149 g/mol. The fraction of sp³-hybridized carbons (Fsp3) is 0.143. The van der Waals surface area contributed by atoms with Gasteiger partial charge in [-0.1, -0.05) is 0 Å². The second-order valence-corrected chi connectivity index (χ2v) is 2.44. The molecule has 4 heteroatoms. The van der Waals surface area contributed by atoms with Crippen LogP contribution in [0.25, 0.3) is 0 Å². The van der Waals surface area contributed by atoms with E-state index in [1.807, 2.05) is 0 Å². The van der Waals surface area contributed by atoms with Crippen molar-refractivity contribution in [1.29, 1.82) is 0 Å². The molecule has 1 aromatic heterocycles. The average molecular weight is 149 g/mol. The summed E-state index contributed by atoms with van der Waals surface area (Å²) in [5.74, 6) is 0. The minimum Gasteiger partial charge on any atom is -0.329 e. The maximum Gasteiger partial charge on any atom is 0.250 e. The molecule has 0 fully saturated rings. The normalized spacial score (nSPS) is 20.3. The highest BCUT2D eigenvalue weighted by molar-refractivity contribution is 5.79. The van der Waals surface area contributed by atoms with Gasteiger partial charge in [0, 0.05) is 24.0 Å². The molecule has 1 atom stereocenters. The number of rotatable bonds is 0. The van der Waals surface area contributed by atoms with Gasteiger partial charge in [0.05, 0.1) is 11.7 Å². The molecule has 0 saturated carbocycles. The summed E-state index contributed by atoms with van der Waals surface area (Å²) in [6.07, 6.45) is 3.23. The largest absolute Gasteiger partial charge is 0.329 e. The highest BCUT2D eigenvalue weighted by atomic mass is 16.1. The van der Waals surface area contributed by atoms with Crippen molar-refractivity contribution in [2.75, 3.05) is 0 Å². The van der Waals surface area contributed by atoms with Crippen LogP contribution in [0.3, 0.4) is 0 Å². The van der Waals surface area contributed by atoms with Crippen LogP contribution in [0.2, 0.25) is 0 Å². The Morgan fingerprint density at radius 1 is 1.64 bits per heavy atom. The number of nitrogens with zero attached hydrogens (tertiary/aromatic N) is 1. The highest BCUT2D eigenvalue weighted by Gasteiger charge is 2.14. The lowest BCUT2D eigenvalue weighted by Crippen LogP contribution is -2.10. The van der Waals surface area contributed by atoms with E-state index in [0.29, 0.717) is 5.69 Å². The van der Waals surface area contributed by atoms with Crippen LogP contribution >= 0.6 is 0 Å². The zero-order chi connectivity index (χ0) is 7.84. The Balaban J connectivity index is 2.67. The van der Waals surface area contributed by atoms with Gasteiger partial charge in [-0.2, -0.15) is 0 Å². The number of hydrogen-bond acceptors (Lipinski definition) is 3. The van der Waals surface area contributed by atoms with Crippen molar-refractivity contribution in [2.24, 2.45) is 10.7 Å². The number of nitrogens with one attached hydrogen (secondary N) is 1. The SMILES string of the molecule is NC1C=Nc2cc(=O)[nH]cc21. The third-order valence-electron chi connectivity index (χ3n) is 1.67. The van der Waals surface area contributed by atoms with Gasteiger partial charge in [-0.25, -0.2) is 0 Å². The van der Waals surface area contributed by atoms with Crippen LogP contribution in [0, 0.1) is 0 Å². The lowest BCUT2D eigenvalue weighted by molar-refractivity contribution is 0.990. The van der Waals surface area contributed by atoms with Gasteiger partial charge in [0.1, 0.15) is 0 Å². The van der Waals surface area contributed by atoms with Gasteiger partial charge in [0.15, 0.2) is 0 Å². The van der Waals surface area contributed by atoms with E-state index in [2.05, 4.69) is 9.98 Å². The van der Waals surface area contributed by atoms with Crippen molar-refractivity contribution < 1.29 is 0 Å². The number of aliphatic imine (C=N–C) groups is 1. The predicted molar refractivity (Wildman–Crippen MR) is 42.1 cm³/mol. The van der Waals surface area contributed by atoms with Gasteiger partial charge in [0.2, 0.25) is 5.56 Å². The first-order valence-electron chi connectivity index (χ1n) is 3.30. The van der Waals surface area contributed by atoms with Crippen LogP contribution in [0.1, 0.15) is 11.6 Å². The van der Waals surface area contributed by atoms with Crippen LogP contribution in [-0.4, -0.2) is 11.2 Å². The summed E-state index contributed by atoms with van der Waals surface area (Å²) in [5.41, 5.74) is 7.04. The van der Waals surface area contributed by atoms with Crippen molar-refractivity contribution in [3.63, 3.8) is 0 Å². The van der Waals surface area contributed by atoms with Crippen LogP contribution in [0.15, 0.2) is 22.1 Å². The van der Waals surface area contributed by atoms with E-state index in [1.165, 1.54) is 6.07 Å². The van der Waals surface area contributed by atoms with E-state index in [4.69, 9.17) is 5.73 Å². The van der Waals surface area contributed by atoms with Crippen molar-refractivity contribution in [3.05, 3.63) is 28.2 Å². The van der Waals surface area contributed by atoms with Crippen molar-refractivity contribution >= 4 is 11.9 Å². The molecule has 0 amide bonds. The molecule has 0 spiro atoms. The zero-order valence-corrected chi connectivity index (χ0v) is 5.74. The Labute approximate surface area is 62.8 Å². The lowest BCUT2D eigenvalue weighted by atomic mass is 10.1. The zero-order valence-electron chi connectivity index (χ0n) is 5.74. The number of pyridine rings is 1. The van der Waals surface area contributed by atoms with E-state index < -0.39 is 0 Å². The molecule has 4 nitrogen and oxygen atoms in total. The topological polar surface area (TPSA) is 71.2 Å². The fourth-order valence-electron chi connectivity index (χ4n) is 1.09. The van der Waals surface area contributed by atoms with Gasteiger partial charge in [0.25, 0.3) is 0 Å². The number of aromatic nitrogens is 1. The molecule has 1 unspecified atom stereocenters. The number of nitrogens with two attached hydrogens (primary N) is 1. The molecule has 1 aromatic rings. The molecular weight excluding hydrogens is 142 g/mol. The molecule has 2 rings (SSSR count). The molecule has 0 aromatic carbocycles. The van der Waals surface area contributed by atoms with Gasteiger partial charge in [-0.3, -0.25) is 9.79 Å². The Kier molecular flexibility index (Phi) is 1.16. The quantitative estimate of drug-likeness (QED) is 0.548. The molecule has 0 saturated heterocycles. The summed E-state index contributed by atoms with van der Waals surface area (Å²) in [6, 6.07) is 1.28. The van der Waals surface area contributed by atoms with E-state index in [0.717, 1.165) is 5.56 Å². The van der Waals surface area contributed by atoms with E-state index >= 15 is 0 Å². The lowest BCUT2D eigenvalue weighted by Gasteiger charge is -1.99. The van der Waals surface area contributed by atoms with Crippen LogP contribution in [0.4, 0.5) is 5.69 Å². The molecule has 11 heavy (non-hydrogen) atoms. The molecule has 1 aliphatic heterocycles. The highest BCUT2D eigenvalue weighted by Crippen LogP contribution is 2.25. The second-order valence-electron chi connectivity index (χ2n) is 2.44. The Morgan fingerprint density at radius 3 is 3.27 bits per heavy atom. The number of fused-ring (bicyclic) bond motifs is 1. The summed E-state index contributed by atoms with van der Waals surface area (Å²) in [7, 11) is 0. The maximum atomic E-state index is 10.8. The second kappa shape index (κ2) is 2.03. The van der Waals surface area contributed by atoms with Gasteiger partial charge >= 0.3 is 0 Å². The minimum atomic E-state index is -0.165. The maximum absolute atomic E-state index is 10.8. The Morgan fingerprint density at radius 2 is 2.45 bits per heavy atom. The van der Waals surface area contributed by atoms with Crippen molar-refractivity contribution in [1.82, 2.24) is 4.98 Å². The van der Waals surface area contributed by atoms with Gasteiger partial charge < -0.3 is 10.7 Å². The number of H-pyrrole nitrogens is 1. The molecular formula is C7H7N3O. The third kappa shape index (κ3) is 0.877. The van der Waals surface area contributed by atoms with Crippen LogP contribution < -0.4 is 11.3 Å². The summed E-state index contributed by atoms with van der Waals surface area (Å²) >= 11 is 0. The average Bonchev–Trinajstić information content (AvgIpc) is 2.32. The predicted octanol–water partition coefficient (Wildman–Crippen LogP) is 0.0906. The summed E-state index contributed by atoms with van der Waals surface area (Å²) in [5, 5.41) is 0.